The lowest BCUT2D eigenvalue weighted by Crippen LogP contribution is -2.33. The number of aromatic amines is 2. The number of pyridine rings is 1. The monoisotopic (exact) mass is 331 g/mol. The van der Waals surface area contributed by atoms with E-state index < -0.39 is 0 Å². The molecule has 5 nitrogen and oxygen atoms in total. The highest BCUT2D eigenvalue weighted by molar-refractivity contribution is 5.85. The van der Waals surface area contributed by atoms with Crippen LogP contribution in [0.2, 0.25) is 0 Å². The summed E-state index contributed by atoms with van der Waals surface area (Å²) in [5.41, 5.74) is 4.20. The van der Waals surface area contributed by atoms with Gasteiger partial charge in [-0.15, -0.1) is 12.4 Å². The van der Waals surface area contributed by atoms with Crippen molar-refractivity contribution in [3.8, 4) is 11.3 Å². The molecule has 1 aliphatic rings. The summed E-state index contributed by atoms with van der Waals surface area (Å²) in [6.45, 7) is 4.57. The van der Waals surface area contributed by atoms with E-state index in [4.69, 9.17) is 4.74 Å². The lowest BCUT2D eigenvalue weighted by Gasteiger charge is -2.32. The molecule has 0 aliphatic carbocycles. The maximum Gasteiger partial charge on any atom is 0.273 e. The zero-order chi connectivity index (χ0) is 15.3. The van der Waals surface area contributed by atoms with Gasteiger partial charge >= 0.3 is 0 Å². The van der Waals surface area contributed by atoms with E-state index in [1.165, 1.54) is 0 Å². The molecule has 0 fully saturated rings. The van der Waals surface area contributed by atoms with Crippen LogP contribution >= 0.6 is 12.4 Å². The summed E-state index contributed by atoms with van der Waals surface area (Å²) in [5, 5.41) is 6.19. The van der Waals surface area contributed by atoms with Gasteiger partial charge in [-0.2, -0.15) is 0 Å². The van der Waals surface area contributed by atoms with Gasteiger partial charge in [0, 0.05) is 17.5 Å². The van der Waals surface area contributed by atoms with Gasteiger partial charge in [0.2, 0.25) is 0 Å². The van der Waals surface area contributed by atoms with E-state index in [1.54, 1.807) is 0 Å². The maximum atomic E-state index is 12.1. The second-order valence-electron chi connectivity index (χ2n) is 6.31. The average molecular weight is 332 g/mol. The minimum atomic E-state index is -0.279. The fraction of sp³-hybridized carbons (Fsp3) is 0.294. The van der Waals surface area contributed by atoms with Gasteiger partial charge in [0.15, 0.2) is 5.65 Å². The maximum absolute atomic E-state index is 12.1. The molecule has 0 unspecified atom stereocenters. The third-order valence-electron chi connectivity index (χ3n) is 4.19. The van der Waals surface area contributed by atoms with Crippen molar-refractivity contribution in [2.45, 2.75) is 32.5 Å². The number of nitrogens with zero attached hydrogens (tertiary/aromatic N) is 1. The Labute approximate surface area is 139 Å². The van der Waals surface area contributed by atoms with Gasteiger partial charge in [0.1, 0.15) is 0 Å². The highest BCUT2D eigenvalue weighted by atomic mass is 35.5. The minimum Gasteiger partial charge on any atom is -0.370 e. The third-order valence-corrected chi connectivity index (χ3v) is 4.19. The normalized spacial score (nSPS) is 15.9. The van der Waals surface area contributed by atoms with Crippen molar-refractivity contribution < 1.29 is 4.74 Å². The Morgan fingerprint density at radius 3 is 2.61 bits per heavy atom. The van der Waals surface area contributed by atoms with Gasteiger partial charge in [-0.05, 0) is 19.4 Å². The molecule has 3 aromatic rings. The minimum absolute atomic E-state index is 0. The average Bonchev–Trinajstić information content (AvgIpc) is 2.88. The molecule has 0 spiro atoms. The Hall–Kier alpha value is -2.11. The highest BCUT2D eigenvalue weighted by Gasteiger charge is 2.31. The van der Waals surface area contributed by atoms with Crippen LogP contribution in [0.15, 0.2) is 35.1 Å². The second kappa shape index (κ2) is 5.51. The number of fused-ring (bicyclic) bond motifs is 3. The van der Waals surface area contributed by atoms with Crippen LogP contribution < -0.4 is 5.56 Å². The number of H-pyrrole nitrogens is 2. The van der Waals surface area contributed by atoms with Crippen LogP contribution in [0.5, 0.6) is 0 Å². The Morgan fingerprint density at radius 1 is 1.13 bits per heavy atom. The predicted octanol–water partition coefficient (Wildman–Crippen LogP) is 3.19. The number of ether oxygens (including phenoxy) is 1. The van der Waals surface area contributed by atoms with Crippen molar-refractivity contribution in [2.75, 3.05) is 0 Å². The number of hydrogen-bond donors (Lipinski definition) is 2. The van der Waals surface area contributed by atoms with E-state index in [1.807, 2.05) is 44.2 Å². The van der Waals surface area contributed by atoms with E-state index in [9.17, 15) is 4.79 Å². The lowest BCUT2D eigenvalue weighted by molar-refractivity contribution is -0.0395. The first kappa shape index (κ1) is 15.8. The van der Waals surface area contributed by atoms with Crippen LogP contribution in [0.1, 0.15) is 25.0 Å². The van der Waals surface area contributed by atoms with Gasteiger partial charge in [-0.3, -0.25) is 15.0 Å². The number of nitrogens with one attached hydrogen (secondary N) is 2. The molecule has 0 atom stereocenters. The standard InChI is InChI=1S/C17H17N3O2.ClH/c1-17(2)8-11-12(9-22-17)14(10-6-4-3-5-7-10)18-15-13(11)16(21)20-19-15;/h3-7H,8-9H2,1-2H3,(H2,18,19,20,21);1H. The summed E-state index contributed by atoms with van der Waals surface area (Å²) in [4.78, 5) is 16.8. The molecule has 120 valence electrons. The van der Waals surface area contributed by atoms with E-state index in [-0.39, 0.29) is 23.6 Å². The number of halogens is 1. The van der Waals surface area contributed by atoms with Crippen LogP contribution in [0.3, 0.4) is 0 Å². The molecule has 0 radical (unpaired) electrons. The summed E-state index contributed by atoms with van der Waals surface area (Å²) in [7, 11) is 0. The van der Waals surface area contributed by atoms with Crippen molar-refractivity contribution in [2.24, 2.45) is 0 Å². The van der Waals surface area contributed by atoms with Gasteiger partial charge in [0.25, 0.3) is 5.56 Å². The van der Waals surface area contributed by atoms with E-state index >= 15 is 0 Å². The lowest BCUT2D eigenvalue weighted by atomic mass is 9.88. The van der Waals surface area contributed by atoms with Crippen molar-refractivity contribution >= 4 is 23.4 Å². The second-order valence-corrected chi connectivity index (χ2v) is 6.31. The molecular weight excluding hydrogens is 314 g/mol. The zero-order valence-corrected chi connectivity index (χ0v) is 13.8. The molecule has 0 amide bonds. The van der Waals surface area contributed by atoms with E-state index in [0.29, 0.717) is 24.1 Å². The first-order valence-electron chi connectivity index (χ1n) is 7.37. The van der Waals surface area contributed by atoms with Crippen molar-refractivity contribution in [1.82, 2.24) is 15.2 Å². The molecule has 0 saturated carbocycles. The van der Waals surface area contributed by atoms with Gasteiger partial charge in [-0.1, -0.05) is 30.3 Å². The van der Waals surface area contributed by atoms with Crippen molar-refractivity contribution in [3.05, 3.63) is 51.8 Å². The van der Waals surface area contributed by atoms with Crippen LogP contribution in [0, 0.1) is 0 Å². The number of benzene rings is 1. The topological polar surface area (TPSA) is 70.8 Å². The molecule has 1 aliphatic heterocycles. The summed E-state index contributed by atoms with van der Waals surface area (Å²) in [6.07, 6.45) is 0.697. The zero-order valence-electron chi connectivity index (χ0n) is 13.0. The summed E-state index contributed by atoms with van der Waals surface area (Å²) < 4.78 is 5.96. The van der Waals surface area contributed by atoms with Crippen molar-refractivity contribution in [3.63, 3.8) is 0 Å². The van der Waals surface area contributed by atoms with Gasteiger partial charge in [0.05, 0.1) is 23.3 Å². The van der Waals surface area contributed by atoms with Crippen LogP contribution in [-0.4, -0.2) is 20.8 Å². The third kappa shape index (κ3) is 2.56. The quantitative estimate of drug-likeness (QED) is 0.719. The van der Waals surface area contributed by atoms with Crippen molar-refractivity contribution in [1.29, 1.82) is 0 Å². The fourth-order valence-electron chi connectivity index (χ4n) is 3.12. The summed E-state index contributed by atoms with van der Waals surface area (Å²) in [5.74, 6) is 0. The molecule has 4 rings (SSSR count). The molecular formula is C17H18ClN3O2. The SMILES string of the molecule is CC1(C)Cc2c(c(-c3ccccc3)nc3[nH][nH]c(=O)c23)CO1.Cl. The molecule has 0 saturated heterocycles. The molecule has 1 aromatic carbocycles. The summed E-state index contributed by atoms with van der Waals surface area (Å²) >= 11 is 0. The number of aromatic nitrogens is 3. The largest absolute Gasteiger partial charge is 0.370 e. The van der Waals surface area contributed by atoms with Crippen LogP contribution in [0.4, 0.5) is 0 Å². The Bertz CT molecular complexity index is 913. The smallest absolute Gasteiger partial charge is 0.273 e. The summed E-state index contributed by atoms with van der Waals surface area (Å²) in [6, 6.07) is 10.0. The molecule has 0 bridgehead atoms. The highest BCUT2D eigenvalue weighted by Crippen LogP contribution is 2.36. The van der Waals surface area contributed by atoms with Crippen LogP contribution in [-0.2, 0) is 17.8 Å². The van der Waals surface area contributed by atoms with E-state index in [2.05, 4.69) is 15.2 Å². The van der Waals surface area contributed by atoms with Crippen LogP contribution in [0.25, 0.3) is 22.3 Å². The van der Waals surface area contributed by atoms with E-state index in [0.717, 1.165) is 22.4 Å². The Kier molecular flexibility index (Phi) is 3.78. The number of hydrogen-bond acceptors (Lipinski definition) is 3. The van der Waals surface area contributed by atoms with Gasteiger partial charge < -0.3 is 4.74 Å². The van der Waals surface area contributed by atoms with Gasteiger partial charge in [-0.25, -0.2) is 4.98 Å². The number of rotatable bonds is 1. The molecule has 6 heteroatoms. The Morgan fingerprint density at radius 2 is 1.87 bits per heavy atom. The molecule has 2 aromatic heterocycles. The first-order valence-corrected chi connectivity index (χ1v) is 7.37. The molecule has 23 heavy (non-hydrogen) atoms. The Balaban J connectivity index is 0.00000156. The first-order chi connectivity index (χ1) is 10.6. The predicted molar refractivity (Wildman–Crippen MR) is 92.0 cm³/mol. The molecule has 3 heterocycles. The molecule has 2 N–H and O–H groups in total. The fourth-order valence-corrected chi connectivity index (χ4v) is 3.12.